The molecule has 6 nitrogen and oxygen atoms in total. The van der Waals surface area contributed by atoms with Gasteiger partial charge in [-0.3, -0.25) is 9.88 Å². The first kappa shape index (κ1) is 24.8. The fourth-order valence-corrected chi connectivity index (χ4v) is 5.01. The maximum atomic E-state index is 15.1. The van der Waals surface area contributed by atoms with Gasteiger partial charge in [-0.05, 0) is 35.9 Å². The summed E-state index contributed by atoms with van der Waals surface area (Å²) in [6.07, 6.45) is 0.688. The van der Waals surface area contributed by atoms with Crippen LogP contribution < -0.4 is 14.4 Å². The Morgan fingerprint density at radius 1 is 1.00 bits per heavy atom. The van der Waals surface area contributed by atoms with Crippen molar-refractivity contribution in [2.45, 2.75) is 23.8 Å². The minimum Gasteiger partial charge on any atom is -0.497 e. The molecule has 0 saturated heterocycles. The molecule has 0 bridgehead atoms. The molecule has 1 aliphatic rings. The zero-order valence-corrected chi connectivity index (χ0v) is 20.7. The van der Waals surface area contributed by atoms with Crippen LogP contribution in [0.4, 0.5) is 23.7 Å². The normalized spacial score (nSPS) is 12.9. The van der Waals surface area contributed by atoms with Gasteiger partial charge in [0.2, 0.25) is 0 Å². The molecule has 0 atom stereocenters. The molecule has 190 valence electrons. The Balaban J connectivity index is 1.44. The molecule has 0 aliphatic carbocycles. The van der Waals surface area contributed by atoms with Gasteiger partial charge in [-0.1, -0.05) is 12.1 Å². The number of hydrogen-bond acceptors (Lipinski definition) is 6. The van der Waals surface area contributed by atoms with Crippen LogP contribution in [0.25, 0.3) is 10.9 Å². The smallest absolute Gasteiger partial charge is 0.414 e. The molecule has 1 aliphatic heterocycles. The van der Waals surface area contributed by atoms with Crippen molar-refractivity contribution in [3.63, 3.8) is 0 Å². The van der Waals surface area contributed by atoms with E-state index >= 15 is 8.78 Å². The molecule has 37 heavy (non-hydrogen) atoms. The van der Waals surface area contributed by atoms with Gasteiger partial charge in [0.05, 0.1) is 32.0 Å². The molecule has 1 amide bonds. The minimum atomic E-state index is -0.802. The van der Waals surface area contributed by atoms with E-state index in [1.54, 1.807) is 7.11 Å². The van der Waals surface area contributed by atoms with Crippen molar-refractivity contribution < 1.29 is 32.2 Å². The summed E-state index contributed by atoms with van der Waals surface area (Å²) in [6.45, 7) is -0.535. The molecule has 10 heteroatoms. The Morgan fingerprint density at radius 2 is 1.73 bits per heavy atom. The van der Waals surface area contributed by atoms with Crippen LogP contribution in [0.1, 0.15) is 16.7 Å². The van der Waals surface area contributed by atoms with Crippen molar-refractivity contribution in [2.75, 3.05) is 19.1 Å². The lowest BCUT2D eigenvalue weighted by Crippen LogP contribution is -2.36. The molecule has 0 radical (unpaired) electrons. The number of carbonyl (C=O) groups excluding carboxylic acids is 1. The van der Waals surface area contributed by atoms with E-state index in [1.165, 1.54) is 49.3 Å². The number of cyclic esters (lactones) is 1. The first-order chi connectivity index (χ1) is 17.9. The second-order valence-corrected chi connectivity index (χ2v) is 9.33. The van der Waals surface area contributed by atoms with E-state index in [1.807, 2.05) is 24.3 Å². The number of pyridine rings is 1. The van der Waals surface area contributed by atoms with Crippen molar-refractivity contribution in [2.24, 2.45) is 0 Å². The van der Waals surface area contributed by atoms with E-state index in [0.717, 1.165) is 16.2 Å². The van der Waals surface area contributed by atoms with Crippen molar-refractivity contribution in [1.82, 2.24) is 4.98 Å². The van der Waals surface area contributed by atoms with E-state index in [2.05, 4.69) is 4.98 Å². The lowest BCUT2D eigenvalue weighted by molar-refractivity contribution is 0.141. The van der Waals surface area contributed by atoms with Gasteiger partial charge in [0.15, 0.2) is 11.6 Å². The number of fused-ring (bicyclic) bond motifs is 3. The summed E-state index contributed by atoms with van der Waals surface area (Å²) in [5.41, 5.74) is 1.80. The Bertz CT molecular complexity index is 1470. The number of methoxy groups -OCH3 is 2. The van der Waals surface area contributed by atoms with Crippen LogP contribution >= 0.6 is 11.8 Å². The first-order valence-electron chi connectivity index (χ1n) is 11.2. The quantitative estimate of drug-likeness (QED) is 0.252. The highest BCUT2D eigenvalue weighted by Gasteiger charge is 2.30. The largest absolute Gasteiger partial charge is 0.497 e. The molecule has 3 aromatic carbocycles. The van der Waals surface area contributed by atoms with Crippen LogP contribution in [-0.4, -0.2) is 25.3 Å². The third-order valence-electron chi connectivity index (χ3n) is 6.03. The summed E-state index contributed by atoms with van der Waals surface area (Å²) >= 11 is 1.28. The van der Waals surface area contributed by atoms with Crippen molar-refractivity contribution in [3.05, 3.63) is 88.9 Å². The van der Waals surface area contributed by atoms with Gasteiger partial charge in [-0.25, -0.2) is 18.0 Å². The van der Waals surface area contributed by atoms with Crippen LogP contribution in [0.2, 0.25) is 0 Å². The molecule has 4 aromatic rings. The maximum Gasteiger partial charge on any atom is 0.414 e. The van der Waals surface area contributed by atoms with E-state index in [-0.39, 0.29) is 17.9 Å². The summed E-state index contributed by atoms with van der Waals surface area (Å²) in [5, 5.41) is 0.305. The number of nitrogens with zero attached hydrogens (tertiary/aromatic N) is 2. The number of anilines is 1. The van der Waals surface area contributed by atoms with Gasteiger partial charge < -0.3 is 14.2 Å². The van der Waals surface area contributed by atoms with Crippen molar-refractivity contribution in [1.29, 1.82) is 0 Å². The van der Waals surface area contributed by atoms with Gasteiger partial charge in [0, 0.05) is 39.4 Å². The van der Waals surface area contributed by atoms with Gasteiger partial charge in [0.25, 0.3) is 0 Å². The number of carbonyl (C=O) groups is 1. The number of aromatic nitrogens is 1. The van der Waals surface area contributed by atoms with Crippen LogP contribution in [-0.2, 0) is 23.6 Å². The Hall–Kier alpha value is -3.92. The molecular formula is C27H21F3N2O4S. The molecule has 0 saturated carbocycles. The molecule has 5 rings (SSSR count). The van der Waals surface area contributed by atoms with Crippen molar-refractivity contribution in [3.8, 4) is 11.5 Å². The zero-order valence-electron chi connectivity index (χ0n) is 19.9. The molecule has 0 fully saturated rings. The highest BCUT2D eigenvalue weighted by atomic mass is 32.2. The molecule has 0 N–H and O–H groups in total. The number of hydrogen-bond donors (Lipinski definition) is 0. The number of ether oxygens (including phenoxy) is 3. The molecular weight excluding hydrogens is 505 g/mol. The lowest BCUT2D eigenvalue weighted by atomic mass is 10.1. The third kappa shape index (κ3) is 4.89. The SMILES string of the molecule is COc1ccc(CSc2cc(F)c(CN3C(=O)OCc4cnc5cc(OC)c(F)cc5c43)c(F)c2)cc1. The van der Waals surface area contributed by atoms with Crippen molar-refractivity contribution >= 4 is 34.4 Å². The second kappa shape index (κ2) is 10.2. The maximum absolute atomic E-state index is 15.1. The Kier molecular flexibility index (Phi) is 6.84. The minimum absolute atomic E-state index is 0.00953. The first-order valence-corrected chi connectivity index (χ1v) is 12.2. The monoisotopic (exact) mass is 526 g/mol. The van der Waals surface area contributed by atoms with Gasteiger partial charge in [0.1, 0.15) is 24.0 Å². The highest BCUT2D eigenvalue weighted by Crippen LogP contribution is 2.38. The molecule has 0 unspecified atom stereocenters. The second-order valence-electron chi connectivity index (χ2n) is 8.28. The van der Waals surface area contributed by atoms with Crippen LogP contribution in [0.3, 0.4) is 0 Å². The molecule has 0 spiro atoms. The number of benzene rings is 3. The van der Waals surface area contributed by atoms with E-state index < -0.39 is 30.1 Å². The van der Waals surface area contributed by atoms with E-state index in [0.29, 0.717) is 32.8 Å². The number of amides is 1. The Labute approximate surface area is 215 Å². The number of rotatable bonds is 7. The van der Waals surface area contributed by atoms with E-state index in [9.17, 15) is 9.18 Å². The fraction of sp³-hybridized carbons (Fsp3) is 0.185. The Morgan fingerprint density at radius 3 is 2.41 bits per heavy atom. The van der Waals surface area contributed by atoms with Crippen LogP contribution in [0.15, 0.2) is 59.6 Å². The average molecular weight is 527 g/mol. The summed E-state index contributed by atoms with van der Waals surface area (Å²) in [5.74, 6) is -1.04. The predicted octanol–water partition coefficient (Wildman–Crippen LogP) is 6.62. The number of halogens is 3. The third-order valence-corrected chi connectivity index (χ3v) is 7.07. The summed E-state index contributed by atoms with van der Waals surface area (Å²) < 4.78 is 60.1. The van der Waals surface area contributed by atoms with Gasteiger partial charge in [-0.15, -0.1) is 11.8 Å². The predicted molar refractivity (Wildman–Crippen MR) is 134 cm³/mol. The summed E-state index contributed by atoms with van der Waals surface area (Å²) in [4.78, 5) is 18.5. The molecule has 1 aromatic heterocycles. The zero-order chi connectivity index (χ0) is 26.1. The summed E-state index contributed by atoms with van der Waals surface area (Å²) in [7, 11) is 2.91. The standard InChI is InChI=1S/C27H21F3N2O4S/c1-34-17-5-3-15(4-6-17)14-37-18-7-21(28)20(22(29)8-18)12-32-26-16(13-36-27(32)33)11-31-24-10-25(35-2)23(30)9-19(24)26/h3-11H,12-14H2,1-2H3. The fourth-order valence-electron chi connectivity index (χ4n) is 4.11. The topological polar surface area (TPSA) is 60.9 Å². The number of thioether (sulfide) groups is 1. The van der Waals surface area contributed by atoms with Gasteiger partial charge in [-0.2, -0.15) is 0 Å². The van der Waals surface area contributed by atoms with E-state index in [4.69, 9.17) is 14.2 Å². The average Bonchev–Trinajstić information content (AvgIpc) is 2.90. The summed E-state index contributed by atoms with van der Waals surface area (Å²) in [6, 6.07) is 12.5. The van der Waals surface area contributed by atoms with Crippen LogP contribution in [0, 0.1) is 17.5 Å². The van der Waals surface area contributed by atoms with Gasteiger partial charge >= 0.3 is 6.09 Å². The highest BCUT2D eigenvalue weighted by molar-refractivity contribution is 7.98. The van der Waals surface area contributed by atoms with Crippen LogP contribution in [0.5, 0.6) is 11.5 Å². The lowest BCUT2D eigenvalue weighted by Gasteiger charge is -2.30. The molecule has 2 heterocycles.